The molecule has 0 radical (unpaired) electrons. The first kappa shape index (κ1) is 15.9. The summed E-state index contributed by atoms with van der Waals surface area (Å²) >= 11 is 11.9. The van der Waals surface area contributed by atoms with Crippen molar-refractivity contribution < 1.29 is 19.4 Å². The van der Waals surface area contributed by atoms with Gasteiger partial charge in [0.15, 0.2) is 6.10 Å². The number of carboxylic acid groups (broad SMARTS) is 1. The zero-order valence-corrected chi connectivity index (χ0v) is 12.9. The first-order valence-electron chi connectivity index (χ1n) is 6.55. The van der Waals surface area contributed by atoms with Crippen LogP contribution in [0.4, 0.5) is 0 Å². The van der Waals surface area contributed by atoms with Gasteiger partial charge in [-0.15, -0.1) is 0 Å². The Morgan fingerprint density at radius 2 is 2.14 bits per heavy atom. The number of halogens is 2. The highest BCUT2D eigenvalue weighted by molar-refractivity contribution is 6.42. The van der Waals surface area contributed by atoms with Gasteiger partial charge in [0.25, 0.3) is 5.91 Å². The molecule has 1 N–H and O–H groups in total. The summed E-state index contributed by atoms with van der Waals surface area (Å²) in [6.07, 6.45) is 0.305. The number of amides is 1. The van der Waals surface area contributed by atoms with Crippen LogP contribution in [0.3, 0.4) is 0 Å². The van der Waals surface area contributed by atoms with Crippen molar-refractivity contribution in [2.75, 3.05) is 6.54 Å². The molecule has 7 heteroatoms. The molecule has 1 fully saturated rings. The van der Waals surface area contributed by atoms with Crippen LogP contribution >= 0.6 is 23.2 Å². The second-order valence-corrected chi connectivity index (χ2v) is 5.63. The van der Waals surface area contributed by atoms with E-state index in [1.165, 1.54) is 4.90 Å². The molecule has 21 heavy (non-hydrogen) atoms. The largest absolute Gasteiger partial charge is 0.480 e. The van der Waals surface area contributed by atoms with Crippen molar-refractivity contribution in [3.8, 4) is 5.75 Å². The lowest BCUT2D eigenvalue weighted by Gasteiger charge is -2.25. The molecule has 1 aromatic rings. The number of carbonyl (C=O) groups is 2. The Labute approximate surface area is 132 Å². The van der Waals surface area contributed by atoms with Crippen LogP contribution < -0.4 is 4.74 Å². The molecular weight excluding hydrogens is 317 g/mol. The van der Waals surface area contributed by atoms with Crippen LogP contribution in [-0.4, -0.2) is 40.6 Å². The van der Waals surface area contributed by atoms with Gasteiger partial charge in [-0.05, 0) is 31.9 Å². The molecule has 114 valence electrons. The van der Waals surface area contributed by atoms with Crippen molar-refractivity contribution in [2.45, 2.75) is 31.9 Å². The van der Waals surface area contributed by atoms with E-state index in [2.05, 4.69) is 0 Å². The fraction of sp³-hybridized carbons (Fsp3) is 0.429. The topological polar surface area (TPSA) is 66.8 Å². The van der Waals surface area contributed by atoms with Gasteiger partial charge in [0, 0.05) is 6.54 Å². The summed E-state index contributed by atoms with van der Waals surface area (Å²) in [5.41, 5.74) is 0. The zero-order valence-electron chi connectivity index (χ0n) is 11.4. The van der Waals surface area contributed by atoms with Crippen LogP contribution in [0, 0.1) is 0 Å². The monoisotopic (exact) mass is 331 g/mol. The molecule has 1 amide bonds. The molecule has 1 aliphatic heterocycles. The Balaban J connectivity index is 2.09. The first-order valence-corrected chi connectivity index (χ1v) is 7.31. The van der Waals surface area contributed by atoms with Gasteiger partial charge in [-0.2, -0.15) is 0 Å². The standard InChI is InChI=1S/C14H15Cl2NO4/c1-8(21-11-6-2-4-9(15)12(11)16)13(18)17-7-3-5-10(17)14(19)20/h2,4,6,8,10H,3,5,7H2,1H3,(H,19,20). The predicted molar refractivity (Wildman–Crippen MR) is 78.9 cm³/mol. The average molecular weight is 332 g/mol. The van der Waals surface area contributed by atoms with E-state index in [1.54, 1.807) is 25.1 Å². The lowest BCUT2D eigenvalue weighted by molar-refractivity contribution is -0.150. The van der Waals surface area contributed by atoms with E-state index >= 15 is 0 Å². The molecule has 1 aliphatic rings. The molecule has 5 nitrogen and oxygen atoms in total. The number of carbonyl (C=O) groups excluding carboxylic acids is 1. The molecule has 0 aliphatic carbocycles. The van der Waals surface area contributed by atoms with E-state index in [-0.39, 0.29) is 10.9 Å². The lowest BCUT2D eigenvalue weighted by Crippen LogP contribution is -2.46. The summed E-state index contributed by atoms with van der Waals surface area (Å²) in [6, 6.07) is 4.11. The number of benzene rings is 1. The van der Waals surface area contributed by atoms with Gasteiger partial charge < -0.3 is 14.7 Å². The summed E-state index contributed by atoms with van der Waals surface area (Å²) in [4.78, 5) is 24.8. The van der Waals surface area contributed by atoms with E-state index < -0.39 is 18.1 Å². The van der Waals surface area contributed by atoms with E-state index in [9.17, 15) is 9.59 Å². The molecular formula is C14H15Cl2NO4. The molecule has 2 rings (SSSR count). The molecule has 2 atom stereocenters. The van der Waals surface area contributed by atoms with E-state index in [0.29, 0.717) is 30.2 Å². The third kappa shape index (κ3) is 3.41. The molecule has 1 saturated heterocycles. The van der Waals surface area contributed by atoms with Crippen LogP contribution in [0.1, 0.15) is 19.8 Å². The lowest BCUT2D eigenvalue weighted by atomic mass is 10.2. The van der Waals surface area contributed by atoms with Gasteiger partial charge >= 0.3 is 5.97 Å². The van der Waals surface area contributed by atoms with Crippen molar-refractivity contribution in [1.29, 1.82) is 0 Å². The number of hydrogen-bond acceptors (Lipinski definition) is 3. The number of nitrogens with zero attached hydrogens (tertiary/aromatic N) is 1. The first-order chi connectivity index (χ1) is 9.91. The van der Waals surface area contributed by atoms with Crippen molar-refractivity contribution >= 4 is 35.1 Å². The fourth-order valence-corrected chi connectivity index (χ4v) is 2.67. The third-order valence-electron chi connectivity index (χ3n) is 3.39. The van der Waals surface area contributed by atoms with Gasteiger partial charge in [-0.3, -0.25) is 4.79 Å². The second-order valence-electron chi connectivity index (χ2n) is 4.84. The smallest absolute Gasteiger partial charge is 0.326 e. The number of likely N-dealkylation sites (tertiary alicyclic amines) is 1. The highest BCUT2D eigenvalue weighted by Gasteiger charge is 2.36. The van der Waals surface area contributed by atoms with Gasteiger partial charge in [-0.25, -0.2) is 4.79 Å². The highest BCUT2D eigenvalue weighted by atomic mass is 35.5. The minimum Gasteiger partial charge on any atom is -0.480 e. The summed E-state index contributed by atoms with van der Waals surface area (Å²) < 4.78 is 5.53. The summed E-state index contributed by atoms with van der Waals surface area (Å²) in [5, 5.41) is 9.67. The molecule has 0 bridgehead atoms. The number of aliphatic carboxylic acids is 1. The van der Waals surface area contributed by atoms with Crippen LogP contribution in [0.2, 0.25) is 10.0 Å². The Hall–Kier alpha value is -1.46. The number of hydrogen-bond donors (Lipinski definition) is 1. The van der Waals surface area contributed by atoms with Gasteiger partial charge in [-0.1, -0.05) is 29.3 Å². The zero-order chi connectivity index (χ0) is 15.6. The summed E-state index contributed by atoms with van der Waals surface area (Å²) in [6.45, 7) is 1.99. The Morgan fingerprint density at radius 3 is 2.81 bits per heavy atom. The maximum atomic E-state index is 12.3. The Morgan fingerprint density at radius 1 is 1.43 bits per heavy atom. The Bertz CT molecular complexity index is 564. The second kappa shape index (κ2) is 6.54. The molecule has 1 aromatic carbocycles. The minimum atomic E-state index is -0.992. The SMILES string of the molecule is CC(Oc1cccc(Cl)c1Cl)C(=O)N1CCCC1C(=O)O. The van der Waals surface area contributed by atoms with Crippen LogP contribution in [-0.2, 0) is 9.59 Å². The van der Waals surface area contributed by atoms with Gasteiger partial charge in [0.2, 0.25) is 0 Å². The maximum Gasteiger partial charge on any atom is 0.326 e. The summed E-state index contributed by atoms with van der Waals surface area (Å²) in [7, 11) is 0. The van der Waals surface area contributed by atoms with Gasteiger partial charge in [0.1, 0.15) is 16.8 Å². The van der Waals surface area contributed by atoms with Crippen molar-refractivity contribution in [2.24, 2.45) is 0 Å². The van der Waals surface area contributed by atoms with Crippen LogP contribution in [0.15, 0.2) is 18.2 Å². The number of rotatable bonds is 4. The van der Waals surface area contributed by atoms with Gasteiger partial charge in [0.05, 0.1) is 5.02 Å². The van der Waals surface area contributed by atoms with Crippen molar-refractivity contribution in [3.05, 3.63) is 28.2 Å². The minimum absolute atomic E-state index is 0.232. The average Bonchev–Trinajstić information content (AvgIpc) is 2.92. The summed E-state index contributed by atoms with van der Waals surface area (Å²) in [5.74, 6) is -1.05. The highest BCUT2D eigenvalue weighted by Crippen LogP contribution is 2.32. The van der Waals surface area contributed by atoms with Crippen LogP contribution in [0.5, 0.6) is 5.75 Å². The molecule has 0 aromatic heterocycles. The van der Waals surface area contributed by atoms with Crippen LogP contribution in [0.25, 0.3) is 0 Å². The van der Waals surface area contributed by atoms with E-state index in [4.69, 9.17) is 33.0 Å². The number of carboxylic acids is 1. The fourth-order valence-electron chi connectivity index (χ4n) is 2.34. The predicted octanol–water partition coefficient (Wildman–Crippen LogP) is 2.84. The Kier molecular flexibility index (Phi) is 4.96. The van der Waals surface area contributed by atoms with Crippen molar-refractivity contribution in [1.82, 2.24) is 4.90 Å². The quantitative estimate of drug-likeness (QED) is 0.921. The molecule has 0 spiro atoms. The van der Waals surface area contributed by atoms with E-state index in [0.717, 1.165) is 0 Å². The number of ether oxygens (including phenoxy) is 1. The third-order valence-corrected chi connectivity index (χ3v) is 4.19. The van der Waals surface area contributed by atoms with Crippen molar-refractivity contribution in [3.63, 3.8) is 0 Å². The molecule has 0 saturated carbocycles. The maximum absolute atomic E-state index is 12.3. The van der Waals surface area contributed by atoms with E-state index in [1.807, 2.05) is 0 Å². The molecule has 2 unspecified atom stereocenters. The molecule has 1 heterocycles. The normalized spacial score (nSPS) is 19.4.